The van der Waals surface area contributed by atoms with E-state index < -0.39 is 33.1 Å². The standard InChI is InChI=1S/C25H29F3N4O4S2/c1-6-36-21-13-18(25(26,27)28)9-12-20(21)22(33)29-14-24(4,5)17-7-10-19(11-8-17)38(34,35)32(16(2)3)23-31-30-15-37-23/h7-13,15-16H,6,14H2,1-5H3,(H,29,33). The molecule has 3 aromatic rings. The van der Waals surface area contributed by atoms with Crippen LogP contribution in [0.3, 0.4) is 0 Å². The van der Waals surface area contributed by atoms with Gasteiger partial charge in [-0.2, -0.15) is 13.2 Å². The molecule has 1 amide bonds. The van der Waals surface area contributed by atoms with Gasteiger partial charge in [-0.25, -0.2) is 12.7 Å². The Kier molecular flexibility index (Phi) is 8.72. The van der Waals surface area contributed by atoms with Gasteiger partial charge < -0.3 is 10.1 Å². The van der Waals surface area contributed by atoms with Gasteiger partial charge in [-0.3, -0.25) is 4.79 Å². The largest absolute Gasteiger partial charge is 0.493 e. The lowest BCUT2D eigenvalue weighted by atomic mass is 9.84. The van der Waals surface area contributed by atoms with Crippen molar-refractivity contribution in [2.45, 2.75) is 57.1 Å². The minimum absolute atomic E-state index is 0.0115. The number of nitrogens with one attached hydrogen (secondary N) is 1. The summed E-state index contributed by atoms with van der Waals surface area (Å²) in [5.41, 5.74) is 0.660. The van der Waals surface area contributed by atoms with Gasteiger partial charge in [0.1, 0.15) is 11.3 Å². The van der Waals surface area contributed by atoms with Crippen LogP contribution in [0.2, 0.25) is 0 Å². The van der Waals surface area contributed by atoms with Crippen LogP contribution in [0.25, 0.3) is 0 Å². The second kappa shape index (κ2) is 11.3. The number of hydrogen-bond donors (Lipinski definition) is 1. The summed E-state index contributed by atoms with van der Waals surface area (Å²) in [7, 11) is -3.89. The van der Waals surface area contributed by atoms with Crippen molar-refractivity contribution in [3.05, 3.63) is 64.7 Å². The number of amides is 1. The highest BCUT2D eigenvalue weighted by Crippen LogP contribution is 2.34. The number of nitrogens with zero attached hydrogens (tertiary/aromatic N) is 3. The van der Waals surface area contributed by atoms with Gasteiger partial charge in [-0.05, 0) is 56.7 Å². The van der Waals surface area contributed by atoms with E-state index in [9.17, 15) is 26.4 Å². The van der Waals surface area contributed by atoms with Gasteiger partial charge in [0.25, 0.3) is 15.9 Å². The van der Waals surface area contributed by atoms with Crippen molar-refractivity contribution >= 4 is 32.4 Å². The molecule has 1 N–H and O–H groups in total. The molecule has 0 fully saturated rings. The normalized spacial score (nSPS) is 12.4. The van der Waals surface area contributed by atoms with Crippen molar-refractivity contribution in [3.63, 3.8) is 0 Å². The summed E-state index contributed by atoms with van der Waals surface area (Å²) in [5.74, 6) is -0.739. The molecule has 0 unspecified atom stereocenters. The molecule has 0 radical (unpaired) electrons. The first kappa shape index (κ1) is 29.4. The molecule has 0 atom stereocenters. The molecule has 0 saturated carbocycles. The van der Waals surface area contributed by atoms with E-state index in [0.717, 1.165) is 35.1 Å². The first-order valence-corrected chi connectivity index (χ1v) is 14.0. The average molecular weight is 571 g/mol. The van der Waals surface area contributed by atoms with Crippen LogP contribution in [0.15, 0.2) is 52.9 Å². The van der Waals surface area contributed by atoms with E-state index in [0.29, 0.717) is 0 Å². The Bertz CT molecular complexity index is 1360. The smallest absolute Gasteiger partial charge is 0.416 e. The first-order valence-electron chi connectivity index (χ1n) is 11.7. The summed E-state index contributed by atoms with van der Waals surface area (Å²) in [6.07, 6.45) is -4.56. The molecule has 206 valence electrons. The third-order valence-corrected chi connectivity index (χ3v) is 8.53. The molecule has 38 heavy (non-hydrogen) atoms. The minimum atomic E-state index is -4.56. The molecule has 13 heteroatoms. The van der Waals surface area contributed by atoms with Crippen molar-refractivity contribution in [3.8, 4) is 5.75 Å². The number of benzene rings is 2. The summed E-state index contributed by atoms with van der Waals surface area (Å²) in [5, 5.41) is 10.6. The van der Waals surface area contributed by atoms with Gasteiger partial charge in [-0.15, -0.1) is 10.2 Å². The first-order chi connectivity index (χ1) is 17.7. The van der Waals surface area contributed by atoms with Gasteiger partial charge in [0, 0.05) is 18.0 Å². The maximum absolute atomic E-state index is 13.3. The number of ether oxygens (including phenoxy) is 1. The minimum Gasteiger partial charge on any atom is -0.493 e. The van der Waals surface area contributed by atoms with E-state index in [1.54, 1.807) is 32.9 Å². The zero-order valence-corrected chi connectivity index (χ0v) is 23.2. The summed E-state index contributed by atoms with van der Waals surface area (Å²) in [4.78, 5) is 12.9. The zero-order valence-electron chi connectivity index (χ0n) is 21.5. The van der Waals surface area contributed by atoms with E-state index in [1.807, 2.05) is 13.8 Å². The Morgan fingerprint density at radius 2 is 1.74 bits per heavy atom. The van der Waals surface area contributed by atoms with Crippen LogP contribution < -0.4 is 14.4 Å². The zero-order chi connectivity index (χ0) is 28.3. The number of carbonyl (C=O) groups is 1. The molecule has 0 aliphatic carbocycles. The molecule has 0 bridgehead atoms. The molecule has 0 spiro atoms. The number of rotatable bonds is 10. The van der Waals surface area contributed by atoms with Crippen molar-refractivity contribution in [2.24, 2.45) is 0 Å². The number of carbonyl (C=O) groups excluding carboxylic acids is 1. The summed E-state index contributed by atoms with van der Waals surface area (Å²) in [6, 6.07) is 8.68. The Morgan fingerprint density at radius 3 is 2.26 bits per heavy atom. The van der Waals surface area contributed by atoms with Crippen molar-refractivity contribution in [2.75, 3.05) is 17.5 Å². The van der Waals surface area contributed by atoms with Gasteiger partial charge in [0.2, 0.25) is 5.13 Å². The Morgan fingerprint density at radius 1 is 1.11 bits per heavy atom. The van der Waals surface area contributed by atoms with Crippen molar-refractivity contribution < 1.29 is 31.1 Å². The lowest BCUT2D eigenvalue weighted by molar-refractivity contribution is -0.137. The Hall–Kier alpha value is -3.19. The van der Waals surface area contributed by atoms with Gasteiger partial charge in [0.05, 0.1) is 22.6 Å². The predicted octanol–water partition coefficient (Wildman–Crippen LogP) is 5.27. The highest BCUT2D eigenvalue weighted by atomic mass is 32.2. The van der Waals surface area contributed by atoms with E-state index in [4.69, 9.17) is 4.74 Å². The molecule has 0 saturated heterocycles. The van der Waals surface area contributed by atoms with Crippen LogP contribution in [0.1, 0.15) is 56.1 Å². The van der Waals surface area contributed by atoms with Crippen LogP contribution in [-0.4, -0.2) is 43.7 Å². The predicted molar refractivity (Wildman–Crippen MR) is 139 cm³/mol. The van der Waals surface area contributed by atoms with Crippen LogP contribution in [-0.2, 0) is 21.6 Å². The molecule has 8 nitrogen and oxygen atoms in total. The van der Waals surface area contributed by atoms with E-state index in [2.05, 4.69) is 15.5 Å². The molecule has 0 aliphatic rings. The van der Waals surface area contributed by atoms with E-state index >= 15 is 0 Å². The third-order valence-electron chi connectivity index (χ3n) is 5.74. The van der Waals surface area contributed by atoms with Gasteiger partial charge >= 0.3 is 6.18 Å². The molecule has 3 rings (SSSR count). The van der Waals surface area contributed by atoms with Gasteiger partial charge in [0.15, 0.2) is 0 Å². The molecular weight excluding hydrogens is 541 g/mol. The molecular formula is C25H29F3N4O4S2. The second-order valence-corrected chi connectivity index (χ2v) is 12.0. The maximum Gasteiger partial charge on any atom is 0.416 e. The molecule has 0 aliphatic heterocycles. The topological polar surface area (TPSA) is 101 Å². The quantitative estimate of drug-likeness (QED) is 0.357. The average Bonchev–Trinajstić information content (AvgIpc) is 3.36. The summed E-state index contributed by atoms with van der Waals surface area (Å²) >= 11 is 1.12. The lowest BCUT2D eigenvalue weighted by Gasteiger charge is -2.27. The number of anilines is 1. The Labute approximate surface area is 223 Å². The van der Waals surface area contributed by atoms with E-state index in [1.165, 1.54) is 21.9 Å². The summed E-state index contributed by atoms with van der Waals surface area (Å²) in [6.45, 7) is 9.04. The van der Waals surface area contributed by atoms with E-state index in [-0.39, 0.29) is 40.5 Å². The monoisotopic (exact) mass is 570 g/mol. The number of halogens is 3. The van der Waals surface area contributed by atoms with Crippen LogP contribution >= 0.6 is 11.3 Å². The van der Waals surface area contributed by atoms with Gasteiger partial charge in [-0.1, -0.05) is 37.3 Å². The van der Waals surface area contributed by atoms with Crippen LogP contribution in [0, 0.1) is 0 Å². The number of sulfonamides is 1. The van der Waals surface area contributed by atoms with Crippen LogP contribution in [0.5, 0.6) is 5.75 Å². The SMILES string of the molecule is CCOc1cc(C(F)(F)F)ccc1C(=O)NCC(C)(C)c1ccc(S(=O)(=O)N(c2nncs2)C(C)C)cc1. The molecule has 1 aromatic heterocycles. The highest BCUT2D eigenvalue weighted by Gasteiger charge is 2.33. The summed E-state index contributed by atoms with van der Waals surface area (Å²) < 4.78 is 72.4. The fourth-order valence-electron chi connectivity index (χ4n) is 3.72. The second-order valence-electron chi connectivity index (χ2n) is 9.35. The van der Waals surface area contributed by atoms with Crippen molar-refractivity contribution in [1.82, 2.24) is 15.5 Å². The Balaban J connectivity index is 1.78. The molecule has 1 heterocycles. The maximum atomic E-state index is 13.3. The fraction of sp³-hybridized carbons (Fsp3) is 0.400. The number of alkyl halides is 3. The number of aromatic nitrogens is 2. The molecule has 2 aromatic carbocycles. The van der Waals surface area contributed by atoms with Crippen molar-refractivity contribution in [1.29, 1.82) is 0 Å². The highest BCUT2D eigenvalue weighted by molar-refractivity contribution is 7.93. The third kappa shape index (κ3) is 6.44. The number of hydrogen-bond acceptors (Lipinski definition) is 7. The lowest BCUT2D eigenvalue weighted by Crippen LogP contribution is -2.38. The fourth-order valence-corrected chi connectivity index (χ4v) is 6.24. The van der Waals surface area contributed by atoms with Crippen LogP contribution in [0.4, 0.5) is 18.3 Å².